The van der Waals surface area contributed by atoms with E-state index in [0.29, 0.717) is 0 Å². The Kier molecular flexibility index (Phi) is 4.69. The van der Waals surface area contributed by atoms with Crippen LogP contribution in [-0.2, 0) is 0 Å². The normalized spacial score (nSPS) is 13.9. The van der Waals surface area contributed by atoms with Gasteiger partial charge in [-0.3, -0.25) is 4.99 Å². The van der Waals surface area contributed by atoms with Crippen molar-refractivity contribution in [3.8, 4) is 0 Å². The second-order valence-corrected chi connectivity index (χ2v) is 1.64. The minimum Gasteiger partial charge on any atom is -0.277 e. The van der Waals surface area contributed by atoms with Gasteiger partial charge in [-0.25, -0.2) is 4.99 Å². The van der Waals surface area contributed by atoms with Gasteiger partial charge < -0.3 is 0 Å². The van der Waals surface area contributed by atoms with Crippen LogP contribution in [0.3, 0.4) is 0 Å². The first-order valence-electron chi connectivity index (χ1n) is 2.89. The molecule has 0 saturated carbocycles. The zero-order chi connectivity index (χ0) is 7.11. The second kappa shape index (κ2) is 5.22. The topological polar surface area (TPSA) is 24.7 Å². The maximum atomic E-state index is 3.97. The average molecular weight is 124 g/mol. The lowest BCUT2D eigenvalue weighted by atomic mass is 10.4. The molecule has 2 heteroatoms. The fraction of sp³-hybridized carbons (Fsp3) is 0.429. The van der Waals surface area contributed by atoms with Gasteiger partial charge in [0, 0.05) is 12.8 Å². The third kappa shape index (κ3) is 4.94. The Hall–Kier alpha value is -0.920. The zero-order valence-electron chi connectivity index (χ0n) is 6.13. The van der Waals surface area contributed by atoms with Crippen LogP contribution in [0.4, 0.5) is 0 Å². The van der Waals surface area contributed by atoms with E-state index in [0.717, 1.165) is 5.71 Å². The van der Waals surface area contributed by atoms with Crippen LogP contribution in [-0.4, -0.2) is 19.1 Å². The van der Waals surface area contributed by atoms with Crippen LogP contribution in [0.25, 0.3) is 0 Å². The number of rotatable bonds is 2. The molecular formula is C7H12N2. The van der Waals surface area contributed by atoms with E-state index < -0.39 is 0 Å². The van der Waals surface area contributed by atoms with Crippen LogP contribution < -0.4 is 0 Å². The zero-order valence-corrected chi connectivity index (χ0v) is 6.13. The Morgan fingerprint density at radius 3 is 2.56 bits per heavy atom. The van der Waals surface area contributed by atoms with Crippen LogP contribution >= 0.6 is 0 Å². The van der Waals surface area contributed by atoms with E-state index >= 15 is 0 Å². The monoisotopic (exact) mass is 124 g/mol. The summed E-state index contributed by atoms with van der Waals surface area (Å²) in [5.41, 5.74) is 0.975. The predicted molar refractivity (Wildman–Crippen MR) is 42.3 cm³/mol. The van der Waals surface area contributed by atoms with Crippen molar-refractivity contribution in [1.29, 1.82) is 0 Å². The maximum absolute atomic E-state index is 3.97. The third-order valence-corrected chi connectivity index (χ3v) is 0.785. The van der Waals surface area contributed by atoms with E-state index in [2.05, 4.69) is 9.98 Å². The second-order valence-electron chi connectivity index (χ2n) is 1.64. The first-order valence-corrected chi connectivity index (χ1v) is 2.89. The number of nitrogens with zero attached hydrogens (tertiary/aromatic N) is 2. The number of allylic oxidation sites excluding steroid dienone is 2. The van der Waals surface area contributed by atoms with Crippen molar-refractivity contribution >= 4 is 12.1 Å². The van der Waals surface area contributed by atoms with Crippen molar-refractivity contribution in [2.45, 2.75) is 13.8 Å². The molecule has 2 nitrogen and oxygen atoms in total. The summed E-state index contributed by atoms with van der Waals surface area (Å²) in [5.74, 6) is 0. The highest BCUT2D eigenvalue weighted by Gasteiger charge is 1.74. The highest BCUT2D eigenvalue weighted by Crippen LogP contribution is 1.77. The molecule has 0 bridgehead atoms. The van der Waals surface area contributed by atoms with Crippen molar-refractivity contribution in [2.75, 3.05) is 7.05 Å². The van der Waals surface area contributed by atoms with Crippen LogP contribution in [0, 0.1) is 0 Å². The molecule has 0 heterocycles. The summed E-state index contributed by atoms with van der Waals surface area (Å²) in [6.45, 7) is 3.89. The molecule has 0 fully saturated rings. The van der Waals surface area contributed by atoms with Gasteiger partial charge in [-0.2, -0.15) is 0 Å². The molecule has 0 spiro atoms. The minimum atomic E-state index is 0.975. The van der Waals surface area contributed by atoms with Crippen molar-refractivity contribution in [2.24, 2.45) is 9.98 Å². The molecule has 50 valence electrons. The fourth-order valence-electron chi connectivity index (χ4n) is 0.433. The highest BCUT2D eigenvalue weighted by molar-refractivity contribution is 5.97. The lowest BCUT2D eigenvalue weighted by Crippen LogP contribution is -1.82. The van der Waals surface area contributed by atoms with Crippen LogP contribution in [0.1, 0.15) is 13.8 Å². The van der Waals surface area contributed by atoms with Gasteiger partial charge in [0.05, 0.1) is 0 Å². The number of aliphatic imine (C=N–C) groups is 2. The van der Waals surface area contributed by atoms with E-state index in [1.807, 2.05) is 26.0 Å². The van der Waals surface area contributed by atoms with Gasteiger partial charge in [0.2, 0.25) is 0 Å². The van der Waals surface area contributed by atoms with Crippen molar-refractivity contribution < 1.29 is 0 Å². The highest BCUT2D eigenvalue weighted by atomic mass is 14.8. The summed E-state index contributed by atoms with van der Waals surface area (Å²) in [6.07, 6.45) is 5.42. The van der Waals surface area contributed by atoms with Gasteiger partial charge >= 0.3 is 0 Å². The minimum absolute atomic E-state index is 0.975. The molecule has 0 radical (unpaired) electrons. The Morgan fingerprint density at radius 2 is 2.11 bits per heavy atom. The average Bonchev–Trinajstić information content (AvgIpc) is 1.85. The van der Waals surface area contributed by atoms with E-state index in [1.165, 1.54) is 6.34 Å². The van der Waals surface area contributed by atoms with Gasteiger partial charge in [0.15, 0.2) is 0 Å². The summed E-state index contributed by atoms with van der Waals surface area (Å²) in [7, 11) is 1.70. The lowest BCUT2D eigenvalue weighted by Gasteiger charge is -1.82. The standard InChI is InChI=1S/C7H12N2/c1-4-5-7(2)9-6-8-3/h4-6H,1-3H3/b5-4+,8-6?,9-7?. The maximum Gasteiger partial charge on any atom is 0.109 e. The van der Waals surface area contributed by atoms with E-state index in [9.17, 15) is 0 Å². The van der Waals surface area contributed by atoms with Gasteiger partial charge in [0.25, 0.3) is 0 Å². The molecule has 0 unspecified atom stereocenters. The molecule has 0 aliphatic carbocycles. The Bertz CT molecular complexity index is 143. The van der Waals surface area contributed by atoms with Crippen molar-refractivity contribution in [3.05, 3.63) is 12.2 Å². The molecule has 0 amide bonds. The molecule has 9 heavy (non-hydrogen) atoms. The van der Waals surface area contributed by atoms with E-state index in [1.54, 1.807) is 7.05 Å². The quantitative estimate of drug-likeness (QED) is 0.395. The molecule has 0 aromatic carbocycles. The number of hydrogen-bond acceptors (Lipinski definition) is 1. The Labute approximate surface area is 56.0 Å². The molecule has 0 aliphatic heterocycles. The Balaban J connectivity index is 3.84. The van der Waals surface area contributed by atoms with Gasteiger partial charge in [-0.15, -0.1) is 0 Å². The lowest BCUT2D eigenvalue weighted by molar-refractivity contribution is 1.44. The summed E-state index contributed by atoms with van der Waals surface area (Å²) in [5, 5.41) is 0. The van der Waals surface area contributed by atoms with E-state index in [-0.39, 0.29) is 0 Å². The largest absolute Gasteiger partial charge is 0.277 e. The van der Waals surface area contributed by atoms with Gasteiger partial charge in [-0.1, -0.05) is 6.08 Å². The fourth-order valence-corrected chi connectivity index (χ4v) is 0.433. The summed E-state index contributed by atoms with van der Waals surface area (Å²) in [6, 6.07) is 0. The van der Waals surface area contributed by atoms with Crippen molar-refractivity contribution in [3.63, 3.8) is 0 Å². The van der Waals surface area contributed by atoms with Gasteiger partial charge in [0.1, 0.15) is 6.34 Å². The molecule has 0 N–H and O–H groups in total. The molecule has 0 aliphatic rings. The summed E-state index contributed by atoms with van der Waals surface area (Å²) < 4.78 is 0. The molecule has 0 aromatic heterocycles. The number of hydrogen-bond donors (Lipinski definition) is 0. The first-order chi connectivity index (χ1) is 4.31. The Morgan fingerprint density at radius 1 is 1.44 bits per heavy atom. The molecule has 0 rings (SSSR count). The van der Waals surface area contributed by atoms with Crippen LogP contribution in [0.5, 0.6) is 0 Å². The SMILES string of the molecule is C/C=C/C(C)=NC=NC. The van der Waals surface area contributed by atoms with E-state index in [4.69, 9.17) is 0 Å². The third-order valence-electron chi connectivity index (χ3n) is 0.785. The summed E-state index contributed by atoms with van der Waals surface area (Å²) >= 11 is 0. The van der Waals surface area contributed by atoms with Crippen molar-refractivity contribution in [1.82, 2.24) is 0 Å². The molecule has 0 aromatic rings. The molecule has 0 saturated heterocycles. The van der Waals surface area contributed by atoms with Gasteiger partial charge in [-0.05, 0) is 19.9 Å². The molecule has 0 atom stereocenters. The van der Waals surface area contributed by atoms with Crippen LogP contribution in [0.15, 0.2) is 22.1 Å². The van der Waals surface area contributed by atoms with Crippen LogP contribution in [0.2, 0.25) is 0 Å². The predicted octanol–water partition coefficient (Wildman–Crippen LogP) is 1.68. The first kappa shape index (κ1) is 8.08. The summed E-state index contributed by atoms with van der Waals surface area (Å²) in [4.78, 5) is 7.68. The molecular weight excluding hydrogens is 112 g/mol. The smallest absolute Gasteiger partial charge is 0.109 e.